The lowest BCUT2D eigenvalue weighted by molar-refractivity contribution is -0.325. The van der Waals surface area contributed by atoms with Gasteiger partial charge in [0.05, 0.1) is 26.4 Å². The molecule has 0 spiro atoms. The van der Waals surface area contributed by atoms with Crippen LogP contribution in [0.25, 0.3) is 0 Å². The van der Waals surface area contributed by atoms with Gasteiger partial charge in [-0.3, -0.25) is 0 Å². The normalized spacial score (nSPS) is 28.8. The Balaban J connectivity index is 1.37. The van der Waals surface area contributed by atoms with Gasteiger partial charge in [0.2, 0.25) is 0 Å². The Morgan fingerprint density at radius 2 is 1.12 bits per heavy atom. The molecule has 2 saturated heterocycles. The van der Waals surface area contributed by atoms with Gasteiger partial charge < -0.3 is 38.6 Å². The van der Waals surface area contributed by atoms with Crippen LogP contribution in [0.4, 0.5) is 0 Å². The van der Waals surface area contributed by atoms with E-state index in [-0.39, 0.29) is 13.2 Å². The van der Waals surface area contributed by atoms with Crippen molar-refractivity contribution in [2.24, 2.45) is 0 Å². The maximum Gasteiger partial charge on any atom is 0.184 e. The Morgan fingerprint density at radius 1 is 0.625 bits per heavy atom. The maximum atomic E-state index is 11.2. The zero-order chi connectivity index (χ0) is 27.6. The van der Waals surface area contributed by atoms with Crippen LogP contribution >= 0.6 is 0 Å². The number of rotatable bonds is 12. The van der Waals surface area contributed by atoms with Gasteiger partial charge in [-0.25, -0.2) is 0 Å². The first kappa shape index (κ1) is 28.9. The van der Waals surface area contributed by atoms with E-state index in [1.165, 1.54) is 0 Å². The highest BCUT2D eigenvalue weighted by Gasteiger charge is 2.48. The van der Waals surface area contributed by atoms with Crippen LogP contribution in [0.1, 0.15) is 29.5 Å². The Labute approximate surface area is 235 Å². The predicted octanol–water partition coefficient (Wildman–Crippen LogP) is 3.97. The third-order valence-corrected chi connectivity index (χ3v) is 7.13. The first-order chi connectivity index (χ1) is 19.7. The van der Waals surface area contributed by atoms with Crippen molar-refractivity contribution in [2.75, 3.05) is 13.2 Å². The Kier molecular flexibility index (Phi) is 10.7. The van der Waals surface area contributed by atoms with E-state index in [2.05, 4.69) is 0 Å². The number of hydrogen-bond donors (Lipinski definition) is 2. The fourth-order valence-corrected chi connectivity index (χ4v) is 4.99. The van der Waals surface area contributed by atoms with Gasteiger partial charge in [-0.1, -0.05) is 91.0 Å². The second-order valence-corrected chi connectivity index (χ2v) is 10.1. The summed E-state index contributed by atoms with van der Waals surface area (Å²) in [5.74, 6) is 0. The van der Waals surface area contributed by atoms with Gasteiger partial charge in [-0.2, -0.15) is 0 Å². The second kappa shape index (κ2) is 14.8. The van der Waals surface area contributed by atoms with Gasteiger partial charge in [0, 0.05) is 6.61 Å². The average Bonchev–Trinajstić information content (AvgIpc) is 3.00. The van der Waals surface area contributed by atoms with Gasteiger partial charge in [0.25, 0.3) is 0 Å². The molecule has 0 radical (unpaired) electrons. The molecule has 2 fully saturated rings. The molecule has 5 rings (SSSR count). The molecule has 214 valence electrons. The molecule has 0 bridgehead atoms. The molecule has 0 saturated carbocycles. The number of hydrogen-bond acceptors (Lipinski definition) is 8. The molecule has 8 nitrogen and oxygen atoms in total. The average molecular weight is 551 g/mol. The second-order valence-electron chi connectivity index (χ2n) is 10.1. The first-order valence-electron chi connectivity index (χ1n) is 13.9. The Morgan fingerprint density at radius 3 is 1.65 bits per heavy atom. The van der Waals surface area contributed by atoms with Crippen LogP contribution in [-0.2, 0) is 48.2 Å². The highest BCUT2D eigenvalue weighted by atomic mass is 16.7. The number of ether oxygens (including phenoxy) is 6. The Bertz CT molecular complexity index is 1120. The summed E-state index contributed by atoms with van der Waals surface area (Å²) in [5, 5.41) is 21.5. The summed E-state index contributed by atoms with van der Waals surface area (Å²) < 4.78 is 36.8. The fraction of sp³-hybridized carbons (Fsp3) is 0.438. The summed E-state index contributed by atoms with van der Waals surface area (Å²) in [6.07, 6.45) is -4.24. The highest BCUT2D eigenvalue weighted by molar-refractivity contribution is 5.15. The summed E-state index contributed by atoms with van der Waals surface area (Å²) in [4.78, 5) is 0. The molecule has 7 atom stereocenters. The van der Waals surface area contributed by atoms with Crippen LogP contribution in [-0.4, -0.2) is 66.5 Å². The van der Waals surface area contributed by atoms with Crippen LogP contribution in [0, 0.1) is 0 Å². The molecule has 2 aliphatic heterocycles. The molecule has 0 aromatic heterocycles. The minimum absolute atomic E-state index is 0.0366. The lowest BCUT2D eigenvalue weighted by atomic mass is 9.98. The quantitative estimate of drug-likeness (QED) is 0.350. The minimum atomic E-state index is -1.29. The fourth-order valence-electron chi connectivity index (χ4n) is 4.99. The van der Waals surface area contributed by atoms with Crippen LogP contribution in [0.2, 0.25) is 0 Å². The largest absolute Gasteiger partial charge is 0.388 e. The molecule has 0 unspecified atom stereocenters. The van der Waals surface area contributed by atoms with Gasteiger partial charge in [0.15, 0.2) is 12.6 Å². The molecular weight excluding hydrogens is 512 g/mol. The SMILES string of the molecule is O[C@@H]1CCCO[C@@H]1OC[C@H]1O[C@H](O)[C@H](OCc2ccccc2)[C@@H](OCc2ccccc2)[C@@H]1OCc1ccccc1. The molecule has 40 heavy (non-hydrogen) atoms. The summed E-state index contributed by atoms with van der Waals surface area (Å²) >= 11 is 0. The summed E-state index contributed by atoms with van der Waals surface area (Å²) in [6.45, 7) is 1.43. The first-order valence-corrected chi connectivity index (χ1v) is 13.9. The molecule has 0 amide bonds. The maximum absolute atomic E-state index is 11.2. The van der Waals surface area contributed by atoms with Gasteiger partial charge >= 0.3 is 0 Å². The van der Waals surface area contributed by atoms with Crippen molar-refractivity contribution < 1.29 is 38.6 Å². The number of aliphatic hydroxyl groups excluding tert-OH is 2. The van der Waals surface area contributed by atoms with E-state index in [0.717, 1.165) is 23.1 Å². The van der Waals surface area contributed by atoms with Crippen LogP contribution in [0.3, 0.4) is 0 Å². The van der Waals surface area contributed by atoms with E-state index in [1.807, 2.05) is 91.0 Å². The van der Waals surface area contributed by atoms with Crippen molar-refractivity contribution in [1.29, 1.82) is 0 Å². The van der Waals surface area contributed by atoms with Gasteiger partial charge in [0.1, 0.15) is 30.5 Å². The lowest BCUT2D eigenvalue weighted by Crippen LogP contribution is -2.61. The zero-order valence-electron chi connectivity index (χ0n) is 22.5. The third-order valence-electron chi connectivity index (χ3n) is 7.13. The highest BCUT2D eigenvalue weighted by Crippen LogP contribution is 2.30. The third kappa shape index (κ3) is 7.96. The van der Waals surface area contributed by atoms with E-state index in [9.17, 15) is 10.2 Å². The molecule has 3 aromatic carbocycles. The summed E-state index contributed by atoms with van der Waals surface area (Å²) in [7, 11) is 0. The molecule has 2 aliphatic rings. The molecule has 2 heterocycles. The summed E-state index contributed by atoms with van der Waals surface area (Å²) in [5.41, 5.74) is 2.94. The van der Waals surface area contributed by atoms with E-state index < -0.39 is 43.1 Å². The van der Waals surface area contributed by atoms with Crippen molar-refractivity contribution in [2.45, 2.75) is 75.8 Å². The molecule has 8 heteroatoms. The van der Waals surface area contributed by atoms with Crippen molar-refractivity contribution in [3.8, 4) is 0 Å². The molecular formula is C32H38O8. The van der Waals surface area contributed by atoms with Crippen molar-refractivity contribution >= 4 is 0 Å². The van der Waals surface area contributed by atoms with Crippen molar-refractivity contribution in [3.63, 3.8) is 0 Å². The predicted molar refractivity (Wildman–Crippen MR) is 147 cm³/mol. The van der Waals surface area contributed by atoms with E-state index in [1.54, 1.807) is 0 Å². The summed E-state index contributed by atoms with van der Waals surface area (Å²) in [6, 6.07) is 29.4. The van der Waals surface area contributed by atoms with Crippen molar-refractivity contribution in [3.05, 3.63) is 108 Å². The van der Waals surface area contributed by atoms with Crippen LogP contribution < -0.4 is 0 Å². The van der Waals surface area contributed by atoms with E-state index >= 15 is 0 Å². The molecule has 0 aliphatic carbocycles. The standard InChI is InChI=1S/C32H38O8/c33-26-17-10-18-35-32(26)39-22-27-28(36-19-23-11-4-1-5-12-23)29(37-20-24-13-6-2-7-14-24)30(31(34)40-27)38-21-25-15-8-3-9-16-25/h1-9,11-16,26-34H,10,17-22H2/t26-,27-,28-,29+,30-,31+,32-/m1/s1. The number of aliphatic hydroxyl groups is 2. The van der Waals surface area contributed by atoms with Gasteiger partial charge in [-0.15, -0.1) is 0 Å². The zero-order valence-corrected chi connectivity index (χ0v) is 22.5. The lowest BCUT2D eigenvalue weighted by Gasteiger charge is -2.44. The van der Waals surface area contributed by atoms with Crippen LogP contribution in [0.5, 0.6) is 0 Å². The number of benzene rings is 3. The van der Waals surface area contributed by atoms with Crippen molar-refractivity contribution in [1.82, 2.24) is 0 Å². The Hall–Kier alpha value is -2.66. The van der Waals surface area contributed by atoms with Crippen LogP contribution in [0.15, 0.2) is 91.0 Å². The topological polar surface area (TPSA) is 95.8 Å². The van der Waals surface area contributed by atoms with E-state index in [0.29, 0.717) is 26.2 Å². The minimum Gasteiger partial charge on any atom is -0.388 e. The smallest absolute Gasteiger partial charge is 0.184 e. The van der Waals surface area contributed by atoms with E-state index in [4.69, 9.17) is 28.4 Å². The molecule has 3 aromatic rings. The van der Waals surface area contributed by atoms with Gasteiger partial charge in [-0.05, 0) is 29.5 Å². The monoisotopic (exact) mass is 550 g/mol. The molecule has 2 N–H and O–H groups in total.